The molecule has 0 atom stereocenters. The molecular formula is C19H16ClFN4O. The van der Waals surface area contributed by atoms with E-state index in [9.17, 15) is 9.18 Å². The average molecular weight is 371 g/mol. The highest BCUT2D eigenvalue weighted by atomic mass is 35.5. The van der Waals surface area contributed by atoms with Gasteiger partial charge in [-0.2, -0.15) is 0 Å². The lowest BCUT2D eigenvalue weighted by Crippen LogP contribution is -2.15. The first-order chi connectivity index (χ1) is 12.5. The van der Waals surface area contributed by atoms with Gasteiger partial charge in [0.25, 0.3) is 5.91 Å². The van der Waals surface area contributed by atoms with E-state index in [0.717, 1.165) is 11.1 Å². The molecule has 3 rings (SSSR count). The number of anilines is 2. The van der Waals surface area contributed by atoms with Crippen molar-refractivity contribution in [2.24, 2.45) is 0 Å². The van der Waals surface area contributed by atoms with Crippen LogP contribution in [0.2, 0.25) is 5.02 Å². The number of carbonyl (C=O) groups is 1. The third kappa shape index (κ3) is 4.55. The summed E-state index contributed by atoms with van der Waals surface area (Å²) >= 11 is 5.95. The highest BCUT2D eigenvalue weighted by Crippen LogP contribution is 2.20. The van der Waals surface area contributed by atoms with E-state index in [1.165, 1.54) is 12.1 Å². The van der Waals surface area contributed by atoms with Crippen LogP contribution in [-0.4, -0.2) is 16.1 Å². The van der Waals surface area contributed by atoms with E-state index in [2.05, 4.69) is 20.8 Å². The van der Waals surface area contributed by atoms with Crippen molar-refractivity contribution in [3.63, 3.8) is 0 Å². The van der Waals surface area contributed by atoms with Crippen LogP contribution < -0.4 is 10.6 Å². The van der Waals surface area contributed by atoms with Gasteiger partial charge in [0, 0.05) is 17.3 Å². The Hall–Kier alpha value is -2.99. The number of aryl methyl sites for hydroxylation is 1. The van der Waals surface area contributed by atoms with Crippen LogP contribution in [-0.2, 0) is 6.54 Å². The molecule has 0 radical (unpaired) electrons. The molecule has 0 fully saturated rings. The molecule has 0 bridgehead atoms. The highest BCUT2D eigenvalue weighted by molar-refractivity contribution is 6.31. The van der Waals surface area contributed by atoms with Gasteiger partial charge < -0.3 is 10.6 Å². The Labute approximate surface area is 155 Å². The third-order valence-corrected chi connectivity index (χ3v) is 3.97. The Bertz CT molecular complexity index is 914. The minimum absolute atomic E-state index is 0.191. The van der Waals surface area contributed by atoms with Crippen LogP contribution in [0.1, 0.15) is 21.6 Å². The molecule has 0 spiro atoms. The summed E-state index contributed by atoms with van der Waals surface area (Å²) in [5.41, 5.74) is 2.62. The summed E-state index contributed by atoms with van der Waals surface area (Å²) in [6, 6.07) is 14.7. The van der Waals surface area contributed by atoms with E-state index in [-0.39, 0.29) is 17.4 Å². The Morgan fingerprint density at radius 1 is 1.08 bits per heavy atom. The van der Waals surface area contributed by atoms with Gasteiger partial charge in [0.05, 0.1) is 0 Å². The number of benzene rings is 2. The Balaban J connectivity index is 1.62. The van der Waals surface area contributed by atoms with E-state index in [0.29, 0.717) is 23.1 Å². The molecular weight excluding hydrogens is 355 g/mol. The Kier molecular flexibility index (Phi) is 5.43. The van der Waals surface area contributed by atoms with Gasteiger partial charge in [-0.25, -0.2) is 4.39 Å². The monoisotopic (exact) mass is 370 g/mol. The maximum absolute atomic E-state index is 12.9. The first-order valence-electron chi connectivity index (χ1n) is 7.91. The zero-order valence-corrected chi connectivity index (χ0v) is 14.7. The van der Waals surface area contributed by atoms with Crippen molar-refractivity contribution in [2.75, 3.05) is 10.6 Å². The van der Waals surface area contributed by atoms with E-state index in [1.54, 1.807) is 36.4 Å². The molecule has 2 aromatic carbocycles. The second kappa shape index (κ2) is 7.93. The van der Waals surface area contributed by atoms with Crippen LogP contribution in [0.4, 0.5) is 15.9 Å². The fourth-order valence-corrected chi connectivity index (χ4v) is 2.43. The van der Waals surface area contributed by atoms with Crippen LogP contribution in [0.5, 0.6) is 0 Å². The normalized spacial score (nSPS) is 10.4. The molecule has 3 aromatic rings. The van der Waals surface area contributed by atoms with Gasteiger partial charge in [-0.15, -0.1) is 10.2 Å². The maximum atomic E-state index is 12.9. The van der Waals surface area contributed by atoms with Crippen LogP contribution in [0.25, 0.3) is 0 Å². The number of amides is 1. The number of nitrogens with one attached hydrogen (secondary N) is 2. The zero-order chi connectivity index (χ0) is 18.5. The smallest absolute Gasteiger partial charge is 0.276 e. The molecule has 0 unspecified atom stereocenters. The summed E-state index contributed by atoms with van der Waals surface area (Å²) in [6.45, 7) is 2.35. The van der Waals surface area contributed by atoms with E-state index in [4.69, 9.17) is 11.6 Å². The van der Waals surface area contributed by atoms with Gasteiger partial charge in [0.1, 0.15) is 11.6 Å². The predicted molar refractivity (Wildman–Crippen MR) is 99.9 cm³/mol. The SMILES string of the molecule is Cc1ccc(Cl)cc1NC(=O)c1ccc(NCc2ccc(F)cc2)nn1. The van der Waals surface area contributed by atoms with Gasteiger partial charge in [-0.1, -0.05) is 29.8 Å². The summed E-state index contributed by atoms with van der Waals surface area (Å²) in [5.74, 6) is -0.128. The fraction of sp³-hybridized carbons (Fsp3) is 0.105. The zero-order valence-electron chi connectivity index (χ0n) is 14.0. The molecule has 132 valence electrons. The van der Waals surface area contributed by atoms with Gasteiger partial charge in [-0.3, -0.25) is 4.79 Å². The van der Waals surface area contributed by atoms with Crippen molar-refractivity contribution < 1.29 is 9.18 Å². The van der Waals surface area contributed by atoms with Gasteiger partial charge in [-0.05, 0) is 54.4 Å². The topological polar surface area (TPSA) is 66.9 Å². The lowest BCUT2D eigenvalue weighted by atomic mass is 10.2. The molecule has 0 saturated carbocycles. The highest BCUT2D eigenvalue weighted by Gasteiger charge is 2.10. The molecule has 7 heteroatoms. The molecule has 26 heavy (non-hydrogen) atoms. The van der Waals surface area contributed by atoms with Crippen LogP contribution in [0, 0.1) is 12.7 Å². The van der Waals surface area contributed by atoms with Crippen molar-refractivity contribution >= 4 is 29.0 Å². The Morgan fingerprint density at radius 3 is 2.54 bits per heavy atom. The number of hydrogen-bond donors (Lipinski definition) is 2. The van der Waals surface area contributed by atoms with E-state index < -0.39 is 0 Å². The second-order valence-corrected chi connectivity index (χ2v) is 6.13. The number of halogens is 2. The number of hydrogen-bond acceptors (Lipinski definition) is 4. The molecule has 1 amide bonds. The minimum atomic E-state index is -0.368. The molecule has 0 aliphatic rings. The molecule has 1 heterocycles. The van der Waals surface area contributed by atoms with Crippen molar-refractivity contribution in [3.05, 3.63) is 82.3 Å². The Morgan fingerprint density at radius 2 is 1.85 bits per heavy atom. The molecule has 0 saturated heterocycles. The third-order valence-electron chi connectivity index (χ3n) is 3.73. The number of carbonyl (C=O) groups excluding carboxylic acids is 1. The summed E-state index contributed by atoms with van der Waals surface area (Å²) in [4.78, 5) is 12.3. The summed E-state index contributed by atoms with van der Waals surface area (Å²) < 4.78 is 12.9. The average Bonchev–Trinajstić information content (AvgIpc) is 2.64. The van der Waals surface area contributed by atoms with Crippen LogP contribution in [0.15, 0.2) is 54.6 Å². The maximum Gasteiger partial charge on any atom is 0.276 e. The van der Waals surface area contributed by atoms with Crippen LogP contribution >= 0.6 is 11.6 Å². The number of nitrogens with zero attached hydrogens (tertiary/aromatic N) is 2. The number of aromatic nitrogens is 2. The first-order valence-corrected chi connectivity index (χ1v) is 8.28. The molecule has 5 nitrogen and oxygen atoms in total. The quantitative estimate of drug-likeness (QED) is 0.696. The van der Waals surface area contributed by atoms with Gasteiger partial charge in [0.2, 0.25) is 0 Å². The lowest BCUT2D eigenvalue weighted by Gasteiger charge is -2.09. The fourth-order valence-electron chi connectivity index (χ4n) is 2.26. The van der Waals surface area contributed by atoms with Crippen molar-refractivity contribution in [3.8, 4) is 0 Å². The molecule has 0 aliphatic carbocycles. The second-order valence-electron chi connectivity index (χ2n) is 5.70. The first kappa shape index (κ1) is 17.8. The van der Waals surface area contributed by atoms with Gasteiger partial charge in [0.15, 0.2) is 5.69 Å². The van der Waals surface area contributed by atoms with Crippen molar-refractivity contribution in [2.45, 2.75) is 13.5 Å². The molecule has 2 N–H and O–H groups in total. The predicted octanol–water partition coefficient (Wildman–Crippen LogP) is 4.44. The van der Waals surface area contributed by atoms with E-state index in [1.807, 2.05) is 13.0 Å². The summed E-state index contributed by atoms with van der Waals surface area (Å²) in [5, 5.41) is 14.3. The van der Waals surface area contributed by atoms with Crippen molar-refractivity contribution in [1.29, 1.82) is 0 Å². The lowest BCUT2D eigenvalue weighted by molar-refractivity contribution is 0.102. The van der Waals surface area contributed by atoms with E-state index >= 15 is 0 Å². The standard InChI is InChI=1S/C19H16ClFN4O/c1-12-2-5-14(20)10-17(12)23-19(26)16-8-9-18(25-24-16)22-11-13-3-6-15(21)7-4-13/h2-10H,11H2,1H3,(H,22,25)(H,23,26). The number of rotatable bonds is 5. The van der Waals surface area contributed by atoms with Crippen LogP contribution in [0.3, 0.4) is 0 Å². The largest absolute Gasteiger partial charge is 0.365 e. The van der Waals surface area contributed by atoms with Gasteiger partial charge >= 0.3 is 0 Å². The molecule has 0 aliphatic heterocycles. The summed E-state index contributed by atoms with van der Waals surface area (Å²) in [7, 11) is 0. The van der Waals surface area contributed by atoms with Crippen molar-refractivity contribution in [1.82, 2.24) is 10.2 Å². The molecule has 1 aromatic heterocycles. The minimum Gasteiger partial charge on any atom is -0.365 e. The summed E-state index contributed by atoms with van der Waals surface area (Å²) in [6.07, 6.45) is 0.